The quantitative estimate of drug-likeness (QED) is 0.424. The number of carbonyl (C=O) groups excluding carboxylic acids is 1. The maximum atomic E-state index is 12.8. The van der Waals surface area contributed by atoms with Crippen molar-refractivity contribution in [3.05, 3.63) is 58.1 Å². The van der Waals surface area contributed by atoms with Gasteiger partial charge in [0.1, 0.15) is 5.75 Å². The highest BCUT2D eigenvalue weighted by molar-refractivity contribution is 8.00. The molecule has 0 radical (unpaired) electrons. The van der Waals surface area contributed by atoms with Gasteiger partial charge in [0.2, 0.25) is 5.91 Å². The zero-order valence-electron chi connectivity index (χ0n) is 17.7. The Morgan fingerprint density at radius 2 is 1.87 bits per heavy atom. The molecule has 2 aromatic carbocycles. The molecule has 1 aromatic heterocycles. The third kappa shape index (κ3) is 5.53. The predicted octanol–water partition coefficient (Wildman–Crippen LogP) is 5.64. The van der Waals surface area contributed by atoms with Crippen LogP contribution in [0, 0.1) is 0 Å². The molecule has 0 aliphatic carbocycles. The van der Waals surface area contributed by atoms with E-state index < -0.39 is 0 Å². The highest BCUT2D eigenvalue weighted by atomic mass is 35.5. The van der Waals surface area contributed by atoms with Crippen LogP contribution in [0.5, 0.6) is 5.75 Å². The molecule has 9 heteroatoms. The number of hydrogen-bond donors (Lipinski definition) is 1. The molecule has 164 valence electrons. The Hall–Kier alpha value is -2.22. The van der Waals surface area contributed by atoms with Crippen LogP contribution in [-0.4, -0.2) is 33.0 Å². The molecule has 0 fully saturated rings. The summed E-state index contributed by atoms with van der Waals surface area (Å²) in [5.74, 6) is 1.42. The summed E-state index contributed by atoms with van der Waals surface area (Å²) in [6.45, 7) is 6.44. The molecule has 6 nitrogen and oxygen atoms in total. The summed E-state index contributed by atoms with van der Waals surface area (Å²) in [4.78, 5) is 12.8. The lowest BCUT2D eigenvalue weighted by molar-refractivity contribution is -0.120. The van der Waals surface area contributed by atoms with Crippen molar-refractivity contribution >= 4 is 40.9 Å². The SMILES string of the molecule is CCn1c(SC(C)C(=O)NC(C)c2ccc(Cl)cc2Cl)nnc1-c1ccc(OC)cc1. The van der Waals surface area contributed by atoms with Crippen LogP contribution >= 0.6 is 35.0 Å². The molecule has 1 amide bonds. The first-order valence-corrected chi connectivity index (χ1v) is 11.5. The number of halogens is 2. The number of hydrogen-bond acceptors (Lipinski definition) is 5. The average Bonchev–Trinajstić information content (AvgIpc) is 3.15. The van der Waals surface area contributed by atoms with Gasteiger partial charge in [-0.25, -0.2) is 0 Å². The normalized spacial score (nSPS) is 13.0. The third-order valence-corrected chi connectivity index (χ3v) is 6.46. The Kier molecular flexibility index (Phi) is 7.86. The fourth-order valence-corrected chi connectivity index (χ4v) is 4.58. The fraction of sp³-hybridized carbons (Fsp3) is 0.318. The van der Waals surface area contributed by atoms with Crippen molar-refractivity contribution in [2.75, 3.05) is 7.11 Å². The van der Waals surface area contributed by atoms with Crippen LogP contribution in [0.1, 0.15) is 32.4 Å². The topological polar surface area (TPSA) is 69.0 Å². The second-order valence-electron chi connectivity index (χ2n) is 6.94. The minimum absolute atomic E-state index is 0.111. The van der Waals surface area contributed by atoms with E-state index in [1.54, 1.807) is 19.2 Å². The van der Waals surface area contributed by atoms with Crippen LogP contribution < -0.4 is 10.1 Å². The van der Waals surface area contributed by atoms with Gasteiger partial charge in [0.05, 0.1) is 18.4 Å². The second kappa shape index (κ2) is 10.4. The summed E-state index contributed by atoms with van der Waals surface area (Å²) in [6.07, 6.45) is 0. The Labute approximate surface area is 196 Å². The summed E-state index contributed by atoms with van der Waals surface area (Å²) in [7, 11) is 1.63. The Morgan fingerprint density at radius 3 is 2.48 bits per heavy atom. The van der Waals surface area contributed by atoms with E-state index in [4.69, 9.17) is 27.9 Å². The van der Waals surface area contributed by atoms with Crippen LogP contribution in [0.3, 0.4) is 0 Å². The molecule has 1 N–H and O–H groups in total. The van der Waals surface area contributed by atoms with Crippen LogP contribution in [-0.2, 0) is 11.3 Å². The van der Waals surface area contributed by atoms with Gasteiger partial charge in [0.25, 0.3) is 0 Å². The van der Waals surface area contributed by atoms with Gasteiger partial charge in [-0.3, -0.25) is 4.79 Å². The molecule has 0 bridgehead atoms. The van der Waals surface area contributed by atoms with Crippen LogP contribution in [0.2, 0.25) is 10.0 Å². The van der Waals surface area contributed by atoms with Gasteiger partial charge in [0, 0.05) is 22.2 Å². The second-order valence-corrected chi connectivity index (χ2v) is 9.09. The molecule has 0 aliphatic rings. The van der Waals surface area contributed by atoms with Crippen molar-refractivity contribution in [3.63, 3.8) is 0 Å². The van der Waals surface area contributed by atoms with Gasteiger partial charge in [-0.05, 0) is 62.7 Å². The molecule has 3 aromatic rings. The number of benzene rings is 2. The number of aromatic nitrogens is 3. The van der Waals surface area contributed by atoms with Gasteiger partial charge in [-0.1, -0.05) is 41.0 Å². The van der Waals surface area contributed by atoms with Crippen LogP contribution in [0.25, 0.3) is 11.4 Å². The van der Waals surface area contributed by atoms with E-state index in [-0.39, 0.29) is 17.2 Å². The summed E-state index contributed by atoms with van der Waals surface area (Å²) >= 11 is 13.6. The summed E-state index contributed by atoms with van der Waals surface area (Å²) in [5.41, 5.74) is 1.75. The summed E-state index contributed by atoms with van der Waals surface area (Å²) < 4.78 is 7.21. The lowest BCUT2D eigenvalue weighted by Gasteiger charge is -2.19. The van der Waals surface area contributed by atoms with Crippen molar-refractivity contribution in [2.24, 2.45) is 0 Å². The minimum Gasteiger partial charge on any atom is -0.497 e. The molecule has 0 spiro atoms. The molecule has 2 atom stereocenters. The lowest BCUT2D eigenvalue weighted by Crippen LogP contribution is -2.33. The standard InChI is InChI=1S/C22H24Cl2N4O2S/c1-5-28-20(15-6-9-17(30-4)10-7-15)26-27-22(28)31-14(3)21(29)25-13(2)18-11-8-16(23)12-19(18)24/h6-14H,5H2,1-4H3,(H,25,29). The monoisotopic (exact) mass is 478 g/mol. The number of methoxy groups -OCH3 is 1. The Balaban J connectivity index is 1.71. The first-order chi connectivity index (χ1) is 14.8. The first-order valence-electron chi connectivity index (χ1n) is 9.83. The van der Waals surface area contributed by atoms with Crippen molar-refractivity contribution in [2.45, 2.75) is 43.8 Å². The van der Waals surface area contributed by atoms with Crippen molar-refractivity contribution in [1.82, 2.24) is 20.1 Å². The predicted molar refractivity (Wildman–Crippen MR) is 126 cm³/mol. The number of thioether (sulfide) groups is 1. The Bertz CT molecular complexity index is 1060. The molecule has 2 unspecified atom stereocenters. The van der Waals surface area contributed by atoms with E-state index in [1.165, 1.54) is 11.8 Å². The number of nitrogens with zero attached hydrogens (tertiary/aromatic N) is 3. The lowest BCUT2D eigenvalue weighted by atomic mass is 10.1. The molecule has 1 heterocycles. The molecule has 0 saturated carbocycles. The maximum absolute atomic E-state index is 12.8. The average molecular weight is 479 g/mol. The number of rotatable bonds is 8. The van der Waals surface area contributed by atoms with Gasteiger partial charge in [0.15, 0.2) is 11.0 Å². The molecule has 3 rings (SSSR count). The van der Waals surface area contributed by atoms with E-state index in [2.05, 4.69) is 15.5 Å². The van der Waals surface area contributed by atoms with Crippen molar-refractivity contribution < 1.29 is 9.53 Å². The molecule has 0 aliphatic heterocycles. The number of amides is 1. The Morgan fingerprint density at radius 1 is 1.16 bits per heavy atom. The summed E-state index contributed by atoms with van der Waals surface area (Å²) in [5, 5.41) is 13.1. The highest BCUT2D eigenvalue weighted by Crippen LogP contribution is 2.29. The van der Waals surface area contributed by atoms with Crippen molar-refractivity contribution in [3.8, 4) is 17.1 Å². The zero-order chi connectivity index (χ0) is 22.5. The summed E-state index contributed by atoms with van der Waals surface area (Å²) in [6, 6.07) is 12.7. The molecular weight excluding hydrogens is 455 g/mol. The van der Waals surface area contributed by atoms with Crippen LogP contribution in [0.4, 0.5) is 0 Å². The molecular formula is C22H24Cl2N4O2S. The number of carbonyl (C=O) groups is 1. The maximum Gasteiger partial charge on any atom is 0.233 e. The molecule has 0 saturated heterocycles. The van der Waals surface area contributed by atoms with E-state index in [9.17, 15) is 4.79 Å². The van der Waals surface area contributed by atoms with E-state index in [1.807, 2.05) is 55.7 Å². The van der Waals surface area contributed by atoms with E-state index >= 15 is 0 Å². The van der Waals surface area contributed by atoms with E-state index in [0.717, 1.165) is 22.7 Å². The number of nitrogens with one attached hydrogen (secondary N) is 1. The minimum atomic E-state index is -0.369. The largest absolute Gasteiger partial charge is 0.497 e. The fourth-order valence-electron chi connectivity index (χ4n) is 3.09. The first kappa shape index (κ1) is 23.4. The van der Waals surface area contributed by atoms with E-state index in [0.29, 0.717) is 21.7 Å². The van der Waals surface area contributed by atoms with Gasteiger partial charge in [-0.15, -0.1) is 10.2 Å². The van der Waals surface area contributed by atoms with Crippen molar-refractivity contribution in [1.29, 1.82) is 0 Å². The smallest absolute Gasteiger partial charge is 0.233 e. The zero-order valence-corrected chi connectivity index (χ0v) is 20.1. The van der Waals surface area contributed by atoms with Gasteiger partial charge >= 0.3 is 0 Å². The van der Waals surface area contributed by atoms with Crippen LogP contribution in [0.15, 0.2) is 47.6 Å². The molecule has 31 heavy (non-hydrogen) atoms. The number of ether oxygens (including phenoxy) is 1. The van der Waals surface area contributed by atoms with Gasteiger partial charge < -0.3 is 14.6 Å². The third-order valence-electron chi connectivity index (χ3n) is 4.82. The highest BCUT2D eigenvalue weighted by Gasteiger charge is 2.22. The van der Waals surface area contributed by atoms with Gasteiger partial charge in [-0.2, -0.15) is 0 Å².